The average Bonchev–Trinajstić information content (AvgIpc) is 2.97. The van der Waals surface area contributed by atoms with Crippen LogP contribution in [0.5, 0.6) is 0 Å². The maximum atomic E-state index is 4.19. The Bertz CT molecular complexity index is 629. The van der Waals surface area contributed by atoms with E-state index in [1.165, 1.54) is 11.2 Å². The monoisotopic (exact) mass is 246 g/mol. The summed E-state index contributed by atoms with van der Waals surface area (Å²) < 4.78 is 1.63. The van der Waals surface area contributed by atoms with Crippen LogP contribution in [0, 0.1) is 0 Å². The van der Waals surface area contributed by atoms with Crippen molar-refractivity contribution < 1.29 is 0 Å². The second kappa shape index (κ2) is 4.10. The highest BCUT2D eigenvalue weighted by Gasteiger charge is 2.08. The van der Waals surface area contributed by atoms with Crippen LogP contribution >= 0.6 is 11.3 Å². The maximum absolute atomic E-state index is 4.19. The van der Waals surface area contributed by atoms with Crippen LogP contribution in [0.2, 0.25) is 0 Å². The predicted molar refractivity (Wildman–Crippen MR) is 65.7 cm³/mol. The van der Waals surface area contributed by atoms with E-state index in [1.807, 2.05) is 13.1 Å². The summed E-state index contributed by atoms with van der Waals surface area (Å²) >= 11 is 1.71. The predicted octanol–water partition coefficient (Wildman–Crippen LogP) is 1.43. The van der Waals surface area contributed by atoms with Gasteiger partial charge in [0, 0.05) is 11.9 Å². The maximum Gasteiger partial charge on any atom is 0.183 e. The van der Waals surface area contributed by atoms with E-state index in [-0.39, 0.29) is 0 Å². The highest BCUT2D eigenvalue weighted by atomic mass is 32.1. The van der Waals surface area contributed by atoms with Crippen LogP contribution < -0.4 is 5.32 Å². The summed E-state index contributed by atoms with van der Waals surface area (Å²) in [6.07, 6.45) is 1.52. The molecule has 0 fully saturated rings. The molecule has 17 heavy (non-hydrogen) atoms. The Labute approximate surface area is 101 Å². The van der Waals surface area contributed by atoms with Crippen molar-refractivity contribution in [3.05, 3.63) is 28.7 Å². The van der Waals surface area contributed by atoms with Crippen LogP contribution in [0.1, 0.15) is 4.88 Å². The molecule has 86 valence electrons. The van der Waals surface area contributed by atoms with Gasteiger partial charge >= 0.3 is 0 Å². The van der Waals surface area contributed by atoms with Gasteiger partial charge in [-0.2, -0.15) is 0 Å². The quantitative estimate of drug-likeness (QED) is 0.757. The smallest absolute Gasteiger partial charge is 0.183 e. The lowest BCUT2D eigenvalue weighted by Gasteiger charge is -2.03. The lowest BCUT2D eigenvalue weighted by molar-refractivity contribution is 0.729. The zero-order chi connectivity index (χ0) is 11.7. The number of nitrogens with one attached hydrogen (secondary N) is 1. The normalized spacial score (nSPS) is 10.9. The van der Waals surface area contributed by atoms with Crippen LogP contribution in [0.15, 0.2) is 23.8 Å². The number of rotatable bonds is 3. The van der Waals surface area contributed by atoms with E-state index in [2.05, 4.69) is 37.0 Å². The van der Waals surface area contributed by atoms with Gasteiger partial charge in [-0.25, -0.2) is 14.6 Å². The van der Waals surface area contributed by atoms with E-state index in [0.717, 1.165) is 18.0 Å². The molecule has 3 heterocycles. The average molecular weight is 246 g/mol. The first-order chi connectivity index (χ1) is 8.34. The van der Waals surface area contributed by atoms with Gasteiger partial charge in [0.15, 0.2) is 17.0 Å². The molecular weight excluding hydrogens is 236 g/mol. The Morgan fingerprint density at radius 2 is 2.35 bits per heavy atom. The first-order valence-corrected chi connectivity index (χ1v) is 5.99. The summed E-state index contributed by atoms with van der Waals surface area (Å²) in [4.78, 5) is 9.57. The molecule has 6 nitrogen and oxygen atoms in total. The summed E-state index contributed by atoms with van der Waals surface area (Å²) in [5, 5.41) is 13.3. The minimum absolute atomic E-state index is 0.701. The Morgan fingerprint density at radius 3 is 3.18 bits per heavy atom. The largest absolute Gasteiger partial charge is 0.363 e. The van der Waals surface area contributed by atoms with Gasteiger partial charge in [0.05, 0.1) is 6.54 Å². The number of aryl methyl sites for hydroxylation is 1. The molecule has 0 bridgehead atoms. The first kappa shape index (κ1) is 10.2. The van der Waals surface area contributed by atoms with Crippen LogP contribution in [-0.4, -0.2) is 25.0 Å². The number of nitrogens with zero attached hydrogens (tertiary/aromatic N) is 5. The Kier molecular flexibility index (Phi) is 2.45. The molecule has 1 N–H and O–H groups in total. The number of hydrogen-bond acceptors (Lipinski definition) is 6. The standard InChI is InChI=1S/C10H10N6S/c1-16-10-8(14-15-16)9(12-6-13-10)11-5-7-3-2-4-17-7/h2-4,6H,5H2,1H3,(H,11,12,13). The number of thiophene rings is 1. The van der Waals surface area contributed by atoms with Crippen LogP contribution in [0.4, 0.5) is 5.82 Å². The van der Waals surface area contributed by atoms with Crippen molar-refractivity contribution in [1.82, 2.24) is 25.0 Å². The molecule has 0 aromatic carbocycles. The summed E-state index contributed by atoms with van der Waals surface area (Å²) in [5.74, 6) is 0.719. The molecule has 0 aliphatic rings. The van der Waals surface area contributed by atoms with Crippen molar-refractivity contribution in [2.24, 2.45) is 7.05 Å². The van der Waals surface area contributed by atoms with Gasteiger partial charge in [-0.15, -0.1) is 16.4 Å². The van der Waals surface area contributed by atoms with Crippen molar-refractivity contribution in [3.8, 4) is 0 Å². The molecule has 0 amide bonds. The number of anilines is 1. The molecule has 3 aromatic rings. The van der Waals surface area contributed by atoms with E-state index >= 15 is 0 Å². The zero-order valence-corrected chi connectivity index (χ0v) is 9.98. The van der Waals surface area contributed by atoms with Crippen LogP contribution in [-0.2, 0) is 13.6 Å². The summed E-state index contributed by atoms with van der Waals surface area (Å²) in [7, 11) is 1.81. The van der Waals surface area contributed by atoms with E-state index in [9.17, 15) is 0 Å². The van der Waals surface area contributed by atoms with E-state index < -0.39 is 0 Å². The van der Waals surface area contributed by atoms with Crippen molar-refractivity contribution in [1.29, 1.82) is 0 Å². The second-order valence-corrected chi connectivity index (χ2v) is 4.57. The fourth-order valence-corrected chi connectivity index (χ4v) is 2.21. The Balaban J connectivity index is 1.90. The molecule has 0 aliphatic heterocycles. The van der Waals surface area contributed by atoms with Crippen LogP contribution in [0.3, 0.4) is 0 Å². The topological polar surface area (TPSA) is 68.5 Å². The van der Waals surface area contributed by atoms with E-state index in [4.69, 9.17) is 0 Å². The summed E-state index contributed by atoms with van der Waals surface area (Å²) in [6.45, 7) is 0.736. The molecular formula is C10H10N6S. The highest BCUT2D eigenvalue weighted by molar-refractivity contribution is 7.09. The number of aromatic nitrogens is 5. The van der Waals surface area contributed by atoms with Gasteiger partial charge in [0.1, 0.15) is 6.33 Å². The van der Waals surface area contributed by atoms with Gasteiger partial charge in [0.2, 0.25) is 0 Å². The van der Waals surface area contributed by atoms with Gasteiger partial charge < -0.3 is 5.32 Å². The van der Waals surface area contributed by atoms with Crippen LogP contribution in [0.25, 0.3) is 11.2 Å². The summed E-state index contributed by atoms with van der Waals surface area (Å²) in [6, 6.07) is 4.10. The lowest BCUT2D eigenvalue weighted by atomic mass is 10.4. The lowest BCUT2D eigenvalue weighted by Crippen LogP contribution is -2.01. The molecule has 0 spiro atoms. The van der Waals surface area contributed by atoms with Crippen molar-refractivity contribution in [2.45, 2.75) is 6.54 Å². The highest BCUT2D eigenvalue weighted by Crippen LogP contribution is 2.17. The van der Waals surface area contributed by atoms with Crippen molar-refractivity contribution in [3.63, 3.8) is 0 Å². The van der Waals surface area contributed by atoms with E-state index in [0.29, 0.717) is 5.52 Å². The minimum Gasteiger partial charge on any atom is -0.363 e. The van der Waals surface area contributed by atoms with Gasteiger partial charge in [-0.05, 0) is 11.4 Å². The molecule has 0 atom stereocenters. The fourth-order valence-electron chi connectivity index (χ4n) is 1.57. The molecule has 3 aromatic heterocycles. The van der Waals surface area contributed by atoms with Crippen molar-refractivity contribution in [2.75, 3.05) is 5.32 Å². The molecule has 0 aliphatic carbocycles. The third-order valence-corrected chi connectivity index (χ3v) is 3.27. The third-order valence-electron chi connectivity index (χ3n) is 2.40. The Hall–Kier alpha value is -2.02. The molecule has 0 saturated heterocycles. The first-order valence-electron chi connectivity index (χ1n) is 5.11. The summed E-state index contributed by atoms with van der Waals surface area (Å²) in [5.41, 5.74) is 1.43. The molecule has 0 unspecified atom stereocenters. The van der Waals surface area contributed by atoms with Gasteiger partial charge in [-0.1, -0.05) is 11.3 Å². The Morgan fingerprint density at radius 1 is 1.41 bits per heavy atom. The number of hydrogen-bond donors (Lipinski definition) is 1. The van der Waals surface area contributed by atoms with E-state index in [1.54, 1.807) is 16.0 Å². The minimum atomic E-state index is 0.701. The molecule has 3 rings (SSSR count). The molecule has 7 heteroatoms. The zero-order valence-electron chi connectivity index (χ0n) is 9.16. The van der Waals surface area contributed by atoms with Gasteiger partial charge in [0.25, 0.3) is 0 Å². The second-order valence-electron chi connectivity index (χ2n) is 3.54. The fraction of sp³-hybridized carbons (Fsp3) is 0.200. The van der Waals surface area contributed by atoms with Gasteiger partial charge in [-0.3, -0.25) is 0 Å². The molecule has 0 radical (unpaired) electrons. The molecule has 0 saturated carbocycles. The third kappa shape index (κ3) is 1.84. The SMILES string of the molecule is Cn1nnc2c(NCc3cccs3)ncnc21. The number of fused-ring (bicyclic) bond motifs is 1. The van der Waals surface area contributed by atoms with Crippen molar-refractivity contribution >= 4 is 28.3 Å².